The molecule has 1 aromatic rings. The lowest BCUT2D eigenvalue weighted by molar-refractivity contribution is -0.0964. The number of rotatable bonds is 7. The third-order valence-corrected chi connectivity index (χ3v) is 5.12. The van der Waals surface area contributed by atoms with Gasteiger partial charge in [0, 0.05) is 12.0 Å². The highest BCUT2D eigenvalue weighted by Crippen LogP contribution is 2.32. The van der Waals surface area contributed by atoms with Crippen LogP contribution in [0.2, 0.25) is 0 Å². The second-order valence-corrected chi connectivity index (χ2v) is 7.23. The van der Waals surface area contributed by atoms with Crippen molar-refractivity contribution in [2.75, 3.05) is 12.9 Å². The van der Waals surface area contributed by atoms with Crippen molar-refractivity contribution in [1.82, 2.24) is 0 Å². The van der Waals surface area contributed by atoms with Gasteiger partial charge in [-0.25, -0.2) is 0 Å². The van der Waals surface area contributed by atoms with Crippen LogP contribution in [0.3, 0.4) is 0 Å². The predicted molar refractivity (Wildman–Crippen MR) is 72.9 cm³/mol. The Hall–Kier alpha value is -0.370. The summed E-state index contributed by atoms with van der Waals surface area (Å²) in [6, 6.07) is 5.08. The Labute approximate surface area is 117 Å². The van der Waals surface area contributed by atoms with Gasteiger partial charge in [0.25, 0.3) is 0 Å². The molecule has 0 radical (unpaired) electrons. The maximum Gasteiger partial charge on any atom is 0.348 e. The van der Waals surface area contributed by atoms with Crippen LogP contribution in [-0.4, -0.2) is 21.3 Å². The van der Waals surface area contributed by atoms with Crippen LogP contribution in [0.25, 0.3) is 0 Å². The highest BCUT2D eigenvalue weighted by Gasteiger charge is 2.24. The minimum Gasteiger partial charge on any atom is -0.312 e. The van der Waals surface area contributed by atoms with Gasteiger partial charge in [-0.05, 0) is 24.3 Å². The summed E-state index contributed by atoms with van der Waals surface area (Å²) in [6.07, 6.45) is 0. The van der Waals surface area contributed by atoms with Crippen LogP contribution in [0, 0.1) is 6.92 Å². The van der Waals surface area contributed by atoms with Crippen molar-refractivity contribution in [2.45, 2.75) is 23.6 Å². The molecule has 0 aromatic heterocycles. The molecule has 0 spiro atoms. The Morgan fingerprint density at radius 3 is 2.63 bits per heavy atom. The zero-order valence-electron chi connectivity index (χ0n) is 10.7. The van der Waals surface area contributed by atoms with Crippen LogP contribution in [0.1, 0.15) is 12.5 Å². The van der Waals surface area contributed by atoms with E-state index in [-0.39, 0.29) is 4.90 Å². The average Bonchev–Trinajstić information content (AvgIpc) is 2.36. The van der Waals surface area contributed by atoms with Crippen LogP contribution in [-0.2, 0) is 28.2 Å². The minimum absolute atomic E-state index is 0.0211. The van der Waals surface area contributed by atoms with Gasteiger partial charge in [0.2, 0.25) is 0 Å². The average molecular weight is 326 g/mol. The van der Waals surface area contributed by atoms with Gasteiger partial charge in [0.15, 0.2) is 0 Å². The first-order valence-corrected chi connectivity index (χ1v) is 8.95. The smallest absolute Gasteiger partial charge is 0.312 e. The number of hydrogen-bond donors (Lipinski definition) is 0. The maximum atomic E-state index is 12.0. The SMILES string of the molecule is CCSc1cccc(C)c1S(=O)(=O)OO[PH](=O)OC. The molecule has 108 valence electrons. The molecule has 0 aliphatic heterocycles. The minimum atomic E-state index is -4.15. The molecule has 0 fully saturated rings. The van der Waals surface area contributed by atoms with E-state index in [1.807, 2.05) is 6.92 Å². The van der Waals surface area contributed by atoms with Gasteiger partial charge in [0.05, 0.1) is 0 Å². The molecule has 1 atom stereocenters. The molecule has 9 heteroatoms. The lowest BCUT2D eigenvalue weighted by atomic mass is 10.2. The van der Waals surface area contributed by atoms with Crippen molar-refractivity contribution >= 4 is 30.1 Å². The largest absolute Gasteiger partial charge is 0.348 e. The van der Waals surface area contributed by atoms with Gasteiger partial charge >= 0.3 is 18.4 Å². The van der Waals surface area contributed by atoms with E-state index in [1.54, 1.807) is 25.1 Å². The fourth-order valence-corrected chi connectivity index (χ4v) is 4.11. The molecule has 0 aliphatic carbocycles. The van der Waals surface area contributed by atoms with Gasteiger partial charge in [-0.3, -0.25) is 4.57 Å². The first-order chi connectivity index (χ1) is 8.92. The number of hydrogen-bond acceptors (Lipinski definition) is 7. The summed E-state index contributed by atoms with van der Waals surface area (Å²) < 4.78 is 47.8. The number of benzene rings is 1. The highest BCUT2D eigenvalue weighted by atomic mass is 32.2. The molecule has 0 saturated heterocycles. The second kappa shape index (κ2) is 7.42. The molecule has 0 N–H and O–H groups in total. The third kappa shape index (κ3) is 4.59. The van der Waals surface area contributed by atoms with Crippen LogP contribution in [0.5, 0.6) is 0 Å². The van der Waals surface area contributed by atoms with E-state index in [4.69, 9.17) is 0 Å². The molecule has 0 aliphatic rings. The van der Waals surface area contributed by atoms with Gasteiger partial charge < -0.3 is 4.52 Å². The first-order valence-electron chi connectivity index (χ1n) is 5.34. The maximum absolute atomic E-state index is 12.0. The van der Waals surface area contributed by atoms with E-state index < -0.39 is 18.4 Å². The van der Waals surface area contributed by atoms with Gasteiger partial charge in [-0.2, -0.15) is 8.42 Å². The molecule has 1 unspecified atom stereocenters. The Bertz CT molecular complexity index is 557. The van der Waals surface area contributed by atoms with Gasteiger partial charge in [-0.15, -0.1) is 16.4 Å². The van der Waals surface area contributed by atoms with E-state index in [9.17, 15) is 13.0 Å². The van der Waals surface area contributed by atoms with E-state index >= 15 is 0 Å². The Morgan fingerprint density at radius 1 is 1.37 bits per heavy atom. The fourth-order valence-electron chi connectivity index (χ4n) is 1.36. The summed E-state index contributed by atoms with van der Waals surface area (Å²) in [5, 5.41) is 0. The fraction of sp³-hybridized carbons (Fsp3) is 0.400. The Kier molecular flexibility index (Phi) is 6.52. The van der Waals surface area contributed by atoms with E-state index in [2.05, 4.69) is 13.5 Å². The molecule has 0 saturated carbocycles. The molecule has 0 heterocycles. The summed E-state index contributed by atoms with van der Waals surface area (Å²) in [5.74, 6) is 0.710. The quantitative estimate of drug-likeness (QED) is 0.330. The van der Waals surface area contributed by atoms with Gasteiger partial charge in [0.1, 0.15) is 4.90 Å². The van der Waals surface area contributed by atoms with Crippen LogP contribution in [0.4, 0.5) is 0 Å². The number of thioether (sulfide) groups is 1. The predicted octanol–water partition coefficient (Wildman–Crippen LogP) is 2.78. The van der Waals surface area contributed by atoms with Gasteiger partial charge in [-0.1, -0.05) is 23.4 Å². The number of aryl methyl sites for hydroxylation is 1. The van der Waals surface area contributed by atoms with E-state index in [0.717, 1.165) is 7.11 Å². The zero-order chi connectivity index (χ0) is 14.5. The molecule has 6 nitrogen and oxygen atoms in total. The molecule has 0 amide bonds. The lowest BCUT2D eigenvalue weighted by Gasteiger charge is -2.11. The molecule has 0 bridgehead atoms. The topological polar surface area (TPSA) is 78.9 Å². The molecule has 19 heavy (non-hydrogen) atoms. The summed E-state index contributed by atoms with van der Waals surface area (Å²) in [4.78, 5) is 0.580. The van der Waals surface area contributed by atoms with Crippen molar-refractivity contribution in [3.63, 3.8) is 0 Å². The first kappa shape index (κ1) is 16.7. The molecular formula is C10H15O6PS2. The summed E-state index contributed by atoms with van der Waals surface area (Å²) in [5.41, 5.74) is 0.527. The second-order valence-electron chi connectivity index (χ2n) is 3.39. The van der Waals surface area contributed by atoms with Crippen molar-refractivity contribution in [3.8, 4) is 0 Å². The Balaban J connectivity index is 3.09. The normalized spacial score (nSPS) is 13.4. The lowest BCUT2D eigenvalue weighted by Crippen LogP contribution is -2.08. The summed E-state index contributed by atoms with van der Waals surface area (Å²) >= 11 is 1.37. The molecular weight excluding hydrogens is 311 g/mol. The zero-order valence-corrected chi connectivity index (χ0v) is 13.3. The highest BCUT2D eigenvalue weighted by molar-refractivity contribution is 8.00. The van der Waals surface area contributed by atoms with Crippen LogP contribution in [0.15, 0.2) is 28.0 Å². The Morgan fingerprint density at radius 2 is 2.05 bits per heavy atom. The molecule has 1 aromatic carbocycles. The summed E-state index contributed by atoms with van der Waals surface area (Å²) in [7, 11) is -5.98. The van der Waals surface area contributed by atoms with Crippen molar-refractivity contribution in [2.24, 2.45) is 0 Å². The van der Waals surface area contributed by atoms with Crippen LogP contribution < -0.4 is 0 Å². The van der Waals surface area contributed by atoms with Crippen molar-refractivity contribution in [3.05, 3.63) is 23.8 Å². The van der Waals surface area contributed by atoms with Crippen LogP contribution >= 0.6 is 20.0 Å². The third-order valence-electron chi connectivity index (χ3n) is 2.08. The van der Waals surface area contributed by atoms with Crippen molar-refractivity contribution in [1.29, 1.82) is 0 Å². The van der Waals surface area contributed by atoms with Crippen molar-refractivity contribution < 1.29 is 26.5 Å². The van der Waals surface area contributed by atoms with E-state index in [0.29, 0.717) is 16.2 Å². The monoisotopic (exact) mass is 326 g/mol. The van der Waals surface area contributed by atoms with E-state index in [1.165, 1.54) is 11.8 Å². The summed E-state index contributed by atoms with van der Waals surface area (Å²) in [6.45, 7) is 3.56. The standard InChI is InChI=1S/C10H15O6PS2/c1-4-18-9-7-5-6-8(2)10(9)19(12,13)16-15-17(11)14-3/h5-7,17H,4H2,1-3H3. The molecule has 1 rings (SSSR count).